The minimum Gasteiger partial charge on any atom is -0.496 e. The first kappa shape index (κ1) is 18.7. The van der Waals surface area contributed by atoms with Crippen LogP contribution in [-0.4, -0.2) is 43.2 Å². The standard InChI is InChI=1S/C17H23BrN2O4/c1-4-24-17(22)14-6-5-7-19-20(14)16(21)10-13-11(2)8-12(18)9-15(13)23-3/h8-9,14,19H,4-7,10H2,1-3H3. The molecule has 24 heavy (non-hydrogen) atoms. The molecule has 2 rings (SSSR count). The Balaban J connectivity index is 2.20. The summed E-state index contributed by atoms with van der Waals surface area (Å²) in [6.07, 6.45) is 1.59. The lowest BCUT2D eigenvalue weighted by Crippen LogP contribution is -2.57. The van der Waals surface area contributed by atoms with E-state index in [1.807, 2.05) is 19.1 Å². The molecule has 132 valence electrons. The molecule has 1 unspecified atom stereocenters. The summed E-state index contributed by atoms with van der Waals surface area (Å²) in [7, 11) is 1.58. The van der Waals surface area contributed by atoms with E-state index in [1.165, 1.54) is 5.01 Å². The molecule has 1 amide bonds. The first-order chi connectivity index (χ1) is 11.5. The Hall–Kier alpha value is -1.60. The predicted molar refractivity (Wildman–Crippen MR) is 93.6 cm³/mol. The number of amides is 1. The van der Waals surface area contributed by atoms with Crippen LogP contribution in [0.15, 0.2) is 16.6 Å². The van der Waals surface area contributed by atoms with Gasteiger partial charge in [0.15, 0.2) is 0 Å². The molecular formula is C17H23BrN2O4. The molecule has 0 aliphatic carbocycles. The van der Waals surface area contributed by atoms with Crippen molar-refractivity contribution in [2.75, 3.05) is 20.3 Å². The van der Waals surface area contributed by atoms with Gasteiger partial charge in [-0.25, -0.2) is 10.2 Å². The maximum Gasteiger partial charge on any atom is 0.330 e. The Labute approximate surface area is 150 Å². The number of benzene rings is 1. The Kier molecular flexibility index (Phi) is 6.62. The van der Waals surface area contributed by atoms with E-state index < -0.39 is 6.04 Å². The van der Waals surface area contributed by atoms with Gasteiger partial charge in [-0.05, 0) is 44.4 Å². The fourth-order valence-corrected chi connectivity index (χ4v) is 3.40. The smallest absolute Gasteiger partial charge is 0.330 e. The molecule has 1 atom stereocenters. The van der Waals surface area contributed by atoms with Crippen molar-refractivity contribution >= 4 is 27.8 Å². The fraction of sp³-hybridized carbons (Fsp3) is 0.529. The molecule has 1 aliphatic heterocycles. The number of nitrogens with one attached hydrogen (secondary N) is 1. The maximum absolute atomic E-state index is 12.8. The van der Waals surface area contributed by atoms with Crippen LogP contribution in [-0.2, 0) is 20.7 Å². The Bertz CT molecular complexity index is 621. The highest BCUT2D eigenvalue weighted by molar-refractivity contribution is 9.10. The minimum atomic E-state index is -0.576. The summed E-state index contributed by atoms with van der Waals surface area (Å²) < 4.78 is 11.4. The van der Waals surface area contributed by atoms with Crippen molar-refractivity contribution in [3.05, 3.63) is 27.7 Å². The summed E-state index contributed by atoms with van der Waals surface area (Å²) in [6, 6.07) is 3.20. The van der Waals surface area contributed by atoms with Gasteiger partial charge in [0.05, 0.1) is 20.1 Å². The van der Waals surface area contributed by atoms with Gasteiger partial charge in [0.2, 0.25) is 5.91 Å². The molecule has 1 fully saturated rings. The molecule has 0 radical (unpaired) electrons. The zero-order chi connectivity index (χ0) is 17.7. The summed E-state index contributed by atoms with van der Waals surface area (Å²) in [4.78, 5) is 24.9. The van der Waals surface area contributed by atoms with E-state index in [4.69, 9.17) is 9.47 Å². The van der Waals surface area contributed by atoms with Gasteiger partial charge >= 0.3 is 5.97 Å². The Morgan fingerprint density at radius 3 is 2.83 bits per heavy atom. The maximum atomic E-state index is 12.8. The number of hydrogen-bond acceptors (Lipinski definition) is 5. The number of nitrogens with zero attached hydrogens (tertiary/aromatic N) is 1. The van der Waals surface area contributed by atoms with E-state index in [0.29, 0.717) is 25.3 Å². The topological polar surface area (TPSA) is 67.9 Å². The van der Waals surface area contributed by atoms with Crippen molar-refractivity contribution in [1.29, 1.82) is 0 Å². The zero-order valence-corrected chi connectivity index (χ0v) is 15.8. The number of hydrogen-bond donors (Lipinski definition) is 1. The zero-order valence-electron chi connectivity index (χ0n) is 14.2. The van der Waals surface area contributed by atoms with E-state index in [9.17, 15) is 9.59 Å². The van der Waals surface area contributed by atoms with Gasteiger partial charge < -0.3 is 9.47 Å². The monoisotopic (exact) mass is 398 g/mol. The molecule has 1 saturated heterocycles. The third-order valence-corrected chi connectivity index (χ3v) is 4.48. The predicted octanol–water partition coefficient (Wildman–Crippen LogP) is 2.37. The third-order valence-electron chi connectivity index (χ3n) is 4.02. The van der Waals surface area contributed by atoms with Crippen LogP contribution in [0.1, 0.15) is 30.9 Å². The van der Waals surface area contributed by atoms with Crippen molar-refractivity contribution in [2.45, 2.75) is 39.2 Å². The van der Waals surface area contributed by atoms with Crippen molar-refractivity contribution in [2.24, 2.45) is 0 Å². The van der Waals surface area contributed by atoms with Crippen LogP contribution in [0.25, 0.3) is 0 Å². The first-order valence-electron chi connectivity index (χ1n) is 8.03. The molecule has 0 saturated carbocycles. The van der Waals surface area contributed by atoms with Crippen LogP contribution in [0.4, 0.5) is 0 Å². The molecule has 6 nitrogen and oxygen atoms in total. The molecular weight excluding hydrogens is 376 g/mol. The number of rotatable bonds is 5. The van der Waals surface area contributed by atoms with Crippen LogP contribution in [0.2, 0.25) is 0 Å². The van der Waals surface area contributed by atoms with Crippen LogP contribution in [0.5, 0.6) is 5.75 Å². The number of halogens is 1. The van der Waals surface area contributed by atoms with Crippen LogP contribution in [0.3, 0.4) is 0 Å². The number of ether oxygens (including phenoxy) is 2. The van der Waals surface area contributed by atoms with E-state index in [0.717, 1.165) is 22.0 Å². The second-order valence-electron chi connectivity index (χ2n) is 5.66. The van der Waals surface area contributed by atoms with Crippen molar-refractivity contribution in [3.63, 3.8) is 0 Å². The van der Waals surface area contributed by atoms with Crippen molar-refractivity contribution in [3.8, 4) is 5.75 Å². The Morgan fingerprint density at radius 1 is 1.42 bits per heavy atom. The molecule has 1 aromatic rings. The quantitative estimate of drug-likeness (QED) is 0.771. The molecule has 1 aromatic carbocycles. The first-order valence-corrected chi connectivity index (χ1v) is 8.82. The van der Waals surface area contributed by atoms with E-state index in [1.54, 1.807) is 14.0 Å². The molecule has 0 aromatic heterocycles. The molecule has 0 spiro atoms. The number of carbonyl (C=O) groups excluding carboxylic acids is 2. The van der Waals surface area contributed by atoms with Gasteiger partial charge in [-0.2, -0.15) is 0 Å². The lowest BCUT2D eigenvalue weighted by atomic mass is 10.0. The number of aryl methyl sites for hydroxylation is 1. The van der Waals surface area contributed by atoms with Gasteiger partial charge in [0, 0.05) is 16.6 Å². The van der Waals surface area contributed by atoms with E-state index in [2.05, 4.69) is 21.4 Å². The molecule has 7 heteroatoms. The van der Waals surface area contributed by atoms with Gasteiger partial charge in [0.1, 0.15) is 11.8 Å². The molecule has 1 aliphatic rings. The molecule has 0 bridgehead atoms. The van der Waals surface area contributed by atoms with Gasteiger partial charge in [-0.15, -0.1) is 0 Å². The summed E-state index contributed by atoms with van der Waals surface area (Å²) in [6.45, 7) is 4.66. The van der Waals surface area contributed by atoms with E-state index in [-0.39, 0.29) is 18.3 Å². The highest BCUT2D eigenvalue weighted by Crippen LogP contribution is 2.28. The van der Waals surface area contributed by atoms with Crippen LogP contribution in [0, 0.1) is 6.92 Å². The number of esters is 1. The second kappa shape index (κ2) is 8.48. The average Bonchev–Trinajstić information content (AvgIpc) is 2.57. The largest absolute Gasteiger partial charge is 0.496 e. The summed E-state index contributed by atoms with van der Waals surface area (Å²) >= 11 is 3.43. The summed E-state index contributed by atoms with van der Waals surface area (Å²) in [5.74, 6) is 0.119. The Morgan fingerprint density at radius 2 is 2.17 bits per heavy atom. The average molecular weight is 399 g/mol. The van der Waals surface area contributed by atoms with Crippen LogP contribution >= 0.6 is 15.9 Å². The fourth-order valence-electron chi connectivity index (χ4n) is 2.85. The number of hydrazine groups is 1. The lowest BCUT2D eigenvalue weighted by Gasteiger charge is -2.34. The lowest BCUT2D eigenvalue weighted by molar-refractivity contribution is -0.159. The van der Waals surface area contributed by atoms with E-state index >= 15 is 0 Å². The van der Waals surface area contributed by atoms with Crippen molar-refractivity contribution in [1.82, 2.24) is 10.4 Å². The summed E-state index contributed by atoms with van der Waals surface area (Å²) in [5, 5.41) is 1.42. The molecule has 1 heterocycles. The normalized spacial score (nSPS) is 17.5. The van der Waals surface area contributed by atoms with Gasteiger partial charge in [-0.1, -0.05) is 15.9 Å². The highest BCUT2D eigenvalue weighted by Gasteiger charge is 2.33. The van der Waals surface area contributed by atoms with Gasteiger partial charge in [-0.3, -0.25) is 9.80 Å². The van der Waals surface area contributed by atoms with Crippen LogP contribution < -0.4 is 10.2 Å². The van der Waals surface area contributed by atoms with Gasteiger partial charge in [0.25, 0.3) is 0 Å². The summed E-state index contributed by atoms with van der Waals surface area (Å²) in [5.41, 5.74) is 4.81. The minimum absolute atomic E-state index is 0.158. The SMILES string of the molecule is CCOC(=O)C1CCCNN1C(=O)Cc1c(C)cc(Br)cc1OC. The van der Waals surface area contributed by atoms with Crippen molar-refractivity contribution < 1.29 is 19.1 Å². The molecule has 1 N–H and O–H groups in total. The number of carbonyl (C=O) groups is 2. The number of methoxy groups -OCH3 is 1. The highest BCUT2D eigenvalue weighted by atomic mass is 79.9. The second-order valence-corrected chi connectivity index (χ2v) is 6.58. The third kappa shape index (κ3) is 4.27.